The van der Waals surface area contributed by atoms with Gasteiger partial charge in [0, 0.05) is 26.1 Å². The van der Waals surface area contributed by atoms with Crippen LogP contribution < -0.4 is 10.6 Å². The van der Waals surface area contributed by atoms with Crippen LogP contribution in [-0.2, 0) is 24.3 Å². The maximum atomic E-state index is 12.5. The van der Waals surface area contributed by atoms with Crippen LogP contribution in [-0.4, -0.2) is 47.1 Å². The standard InChI is InChI=1S/C19H26N6OS.HI/c1-13(2)18-24-23-16(27-18)10-21-19(20-3)22-11-17(26)25-9-8-14-6-4-5-7-15(14)12-25;/h4-7,13H,8-12H2,1-3H3,(H2,20,21,22);1H. The number of rotatable bonds is 5. The van der Waals surface area contributed by atoms with Crippen molar-refractivity contribution in [2.24, 2.45) is 4.99 Å². The molecule has 0 unspecified atom stereocenters. The minimum absolute atomic E-state index is 0. The fourth-order valence-corrected chi connectivity index (χ4v) is 3.72. The van der Waals surface area contributed by atoms with E-state index in [0.29, 0.717) is 25.0 Å². The lowest BCUT2D eigenvalue weighted by Crippen LogP contribution is -2.45. The topological polar surface area (TPSA) is 82.5 Å². The highest BCUT2D eigenvalue weighted by Gasteiger charge is 2.20. The van der Waals surface area contributed by atoms with Crippen molar-refractivity contribution in [2.75, 3.05) is 20.1 Å². The molecule has 0 saturated heterocycles. The van der Waals surface area contributed by atoms with E-state index in [1.165, 1.54) is 11.1 Å². The lowest BCUT2D eigenvalue weighted by atomic mass is 10.00. The van der Waals surface area contributed by atoms with Crippen LogP contribution in [0.1, 0.15) is 40.9 Å². The van der Waals surface area contributed by atoms with E-state index in [4.69, 9.17) is 0 Å². The number of fused-ring (bicyclic) bond motifs is 1. The number of carbonyl (C=O) groups excluding carboxylic acids is 1. The number of nitrogens with one attached hydrogen (secondary N) is 2. The maximum Gasteiger partial charge on any atom is 0.242 e. The molecule has 152 valence electrons. The predicted octanol–water partition coefficient (Wildman–Crippen LogP) is 2.53. The molecular weight excluding hydrogens is 487 g/mol. The Hall–Kier alpha value is -1.75. The molecule has 3 rings (SSSR count). The number of nitrogens with zero attached hydrogens (tertiary/aromatic N) is 4. The highest BCUT2D eigenvalue weighted by Crippen LogP contribution is 2.19. The van der Waals surface area contributed by atoms with Gasteiger partial charge < -0.3 is 15.5 Å². The smallest absolute Gasteiger partial charge is 0.242 e. The number of hydrogen-bond donors (Lipinski definition) is 2. The number of amides is 1. The second-order valence-corrected chi connectivity index (χ2v) is 7.90. The molecule has 1 aromatic carbocycles. The average molecular weight is 514 g/mol. The quantitative estimate of drug-likeness (QED) is 0.364. The SMILES string of the molecule is CN=C(NCC(=O)N1CCc2ccccc2C1)NCc1nnc(C(C)C)s1.I. The Kier molecular flexibility index (Phi) is 8.61. The van der Waals surface area contributed by atoms with Gasteiger partial charge in [-0.15, -0.1) is 34.2 Å². The zero-order chi connectivity index (χ0) is 19.2. The molecule has 0 aliphatic carbocycles. The fourth-order valence-electron chi connectivity index (χ4n) is 2.93. The summed E-state index contributed by atoms with van der Waals surface area (Å²) in [6.45, 7) is 6.38. The molecule has 2 heterocycles. The van der Waals surface area contributed by atoms with Crippen molar-refractivity contribution in [1.82, 2.24) is 25.7 Å². The highest BCUT2D eigenvalue weighted by molar-refractivity contribution is 14.0. The molecule has 0 fully saturated rings. The summed E-state index contributed by atoms with van der Waals surface area (Å²) in [5.74, 6) is 1.04. The summed E-state index contributed by atoms with van der Waals surface area (Å²) in [4.78, 5) is 18.6. The monoisotopic (exact) mass is 514 g/mol. The summed E-state index contributed by atoms with van der Waals surface area (Å²) in [5.41, 5.74) is 2.57. The molecule has 0 spiro atoms. The Morgan fingerprint density at radius 3 is 2.68 bits per heavy atom. The molecule has 2 N–H and O–H groups in total. The number of hydrogen-bond acceptors (Lipinski definition) is 5. The van der Waals surface area contributed by atoms with E-state index in [2.05, 4.69) is 57.9 Å². The van der Waals surface area contributed by atoms with Gasteiger partial charge in [0.25, 0.3) is 0 Å². The molecule has 9 heteroatoms. The van der Waals surface area contributed by atoms with Crippen molar-refractivity contribution in [2.45, 2.75) is 39.3 Å². The molecule has 7 nitrogen and oxygen atoms in total. The number of benzene rings is 1. The van der Waals surface area contributed by atoms with Crippen LogP contribution in [0.25, 0.3) is 0 Å². The van der Waals surface area contributed by atoms with E-state index in [-0.39, 0.29) is 36.4 Å². The van der Waals surface area contributed by atoms with Crippen molar-refractivity contribution in [3.8, 4) is 0 Å². The summed E-state index contributed by atoms with van der Waals surface area (Å²) >= 11 is 1.59. The van der Waals surface area contributed by atoms with E-state index in [0.717, 1.165) is 23.0 Å². The molecule has 0 atom stereocenters. The molecular formula is C19H27IN6OS. The number of halogens is 1. The van der Waals surface area contributed by atoms with Gasteiger partial charge in [-0.05, 0) is 17.5 Å². The zero-order valence-electron chi connectivity index (χ0n) is 16.4. The Bertz CT molecular complexity index is 822. The third-order valence-electron chi connectivity index (χ3n) is 4.50. The van der Waals surface area contributed by atoms with Gasteiger partial charge in [-0.25, -0.2) is 0 Å². The van der Waals surface area contributed by atoms with E-state index >= 15 is 0 Å². The van der Waals surface area contributed by atoms with E-state index in [1.54, 1.807) is 18.4 Å². The first-order chi connectivity index (χ1) is 13.1. The van der Waals surface area contributed by atoms with Gasteiger partial charge >= 0.3 is 0 Å². The highest BCUT2D eigenvalue weighted by atomic mass is 127. The maximum absolute atomic E-state index is 12.5. The van der Waals surface area contributed by atoms with Gasteiger partial charge in [0.2, 0.25) is 5.91 Å². The molecule has 1 amide bonds. The van der Waals surface area contributed by atoms with Crippen LogP contribution in [0.15, 0.2) is 29.3 Å². The van der Waals surface area contributed by atoms with Crippen LogP contribution in [0.4, 0.5) is 0 Å². The molecule has 1 aliphatic rings. The minimum atomic E-state index is 0. The molecule has 2 aromatic rings. The summed E-state index contributed by atoms with van der Waals surface area (Å²) in [5, 5.41) is 16.6. The summed E-state index contributed by atoms with van der Waals surface area (Å²) in [7, 11) is 1.69. The van der Waals surface area contributed by atoms with Crippen LogP contribution in [0, 0.1) is 0 Å². The summed E-state index contributed by atoms with van der Waals surface area (Å²) in [6.07, 6.45) is 0.907. The minimum Gasteiger partial charge on any atom is -0.350 e. The van der Waals surface area contributed by atoms with Crippen molar-refractivity contribution in [3.63, 3.8) is 0 Å². The third-order valence-corrected chi connectivity index (χ3v) is 5.72. The lowest BCUT2D eigenvalue weighted by molar-refractivity contribution is -0.130. The fraction of sp³-hybridized carbons (Fsp3) is 0.474. The first kappa shape index (κ1) is 22.5. The second kappa shape index (κ2) is 10.7. The molecule has 1 aromatic heterocycles. The van der Waals surface area contributed by atoms with Gasteiger partial charge in [-0.2, -0.15) is 0 Å². The van der Waals surface area contributed by atoms with Crippen molar-refractivity contribution >= 4 is 47.2 Å². The van der Waals surface area contributed by atoms with Gasteiger partial charge in [-0.3, -0.25) is 9.79 Å². The number of carbonyl (C=O) groups is 1. The number of guanidine groups is 1. The van der Waals surface area contributed by atoms with Crippen molar-refractivity contribution < 1.29 is 4.79 Å². The van der Waals surface area contributed by atoms with Crippen LogP contribution in [0.5, 0.6) is 0 Å². The van der Waals surface area contributed by atoms with Crippen LogP contribution in [0.2, 0.25) is 0 Å². The average Bonchev–Trinajstić information content (AvgIpc) is 3.17. The summed E-state index contributed by atoms with van der Waals surface area (Å²) in [6, 6.07) is 8.31. The Morgan fingerprint density at radius 1 is 1.25 bits per heavy atom. The Balaban J connectivity index is 0.00000280. The summed E-state index contributed by atoms with van der Waals surface area (Å²) < 4.78 is 0. The Labute approximate surface area is 187 Å². The third kappa shape index (κ3) is 5.87. The van der Waals surface area contributed by atoms with Gasteiger partial charge in [0.15, 0.2) is 5.96 Å². The Morgan fingerprint density at radius 2 is 2.00 bits per heavy atom. The number of aliphatic imine (C=N–C) groups is 1. The normalized spacial score (nSPS) is 13.7. The first-order valence-corrected chi connectivity index (χ1v) is 10.00. The van der Waals surface area contributed by atoms with Gasteiger partial charge in [-0.1, -0.05) is 49.4 Å². The first-order valence-electron chi connectivity index (χ1n) is 9.18. The van der Waals surface area contributed by atoms with Crippen molar-refractivity contribution in [1.29, 1.82) is 0 Å². The van der Waals surface area contributed by atoms with Crippen LogP contribution >= 0.6 is 35.3 Å². The van der Waals surface area contributed by atoms with E-state index in [9.17, 15) is 4.79 Å². The largest absolute Gasteiger partial charge is 0.350 e. The molecule has 0 radical (unpaired) electrons. The van der Waals surface area contributed by atoms with E-state index in [1.807, 2.05) is 11.0 Å². The molecule has 28 heavy (non-hydrogen) atoms. The number of aromatic nitrogens is 2. The van der Waals surface area contributed by atoms with E-state index < -0.39 is 0 Å². The van der Waals surface area contributed by atoms with Gasteiger partial charge in [0.1, 0.15) is 10.0 Å². The van der Waals surface area contributed by atoms with Gasteiger partial charge in [0.05, 0.1) is 13.1 Å². The molecule has 0 saturated carbocycles. The second-order valence-electron chi connectivity index (χ2n) is 6.80. The van der Waals surface area contributed by atoms with Crippen molar-refractivity contribution in [3.05, 3.63) is 45.4 Å². The lowest BCUT2D eigenvalue weighted by Gasteiger charge is -2.29. The molecule has 0 bridgehead atoms. The predicted molar refractivity (Wildman–Crippen MR) is 123 cm³/mol. The molecule has 1 aliphatic heterocycles. The zero-order valence-corrected chi connectivity index (χ0v) is 19.6. The van der Waals surface area contributed by atoms with Crippen LogP contribution in [0.3, 0.4) is 0 Å².